The van der Waals surface area contributed by atoms with Crippen LogP contribution in [-0.4, -0.2) is 57.0 Å². The third-order valence-corrected chi connectivity index (χ3v) is 4.25. The number of nitrogens with zero attached hydrogens (tertiary/aromatic N) is 2. The highest BCUT2D eigenvalue weighted by molar-refractivity contribution is 8.00. The number of hydrogen-bond acceptors (Lipinski definition) is 6. The van der Waals surface area contributed by atoms with E-state index in [0.717, 1.165) is 10.7 Å². The Morgan fingerprint density at radius 3 is 2.95 bits per heavy atom. The van der Waals surface area contributed by atoms with Gasteiger partial charge in [-0.1, -0.05) is 10.8 Å². The summed E-state index contributed by atoms with van der Waals surface area (Å²) in [7, 11) is -4.33. The van der Waals surface area contributed by atoms with E-state index in [1.54, 1.807) is 0 Å². The standard InChI is InChI=1S/C10H17FN3O4S2/c1-2-6-14(7-3-4-11)10(15)18-20(16,17)13-9-12-5-8-19-9/h2,9,12H,1,3-8H2. The van der Waals surface area contributed by atoms with Crippen LogP contribution in [0.3, 0.4) is 0 Å². The van der Waals surface area contributed by atoms with E-state index < -0.39 is 28.6 Å². The minimum absolute atomic E-state index is 0.0489. The lowest BCUT2D eigenvalue weighted by Gasteiger charge is -2.19. The van der Waals surface area contributed by atoms with E-state index in [2.05, 4.69) is 20.8 Å². The molecule has 1 rings (SSSR count). The molecule has 0 aromatic heterocycles. The number of rotatable bonds is 8. The van der Waals surface area contributed by atoms with Crippen molar-refractivity contribution in [1.29, 1.82) is 0 Å². The summed E-state index contributed by atoms with van der Waals surface area (Å²) < 4.78 is 43.1. The molecule has 1 atom stereocenters. The van der Waals surface area contributed by atoms with Crippen LogP contribution in [0.2, 0.25) is 0 Å². The first-order chi connectivity index (χ1) is 9.48. The van der Waals surface area contributed by atoms with Crippen molar-refractivity contribution in [3.63, 3.8) is 0 Å². The Labute approximate surface area is 122 Å². The van der Waals surface area contributed by atoms with E-state index >= 15 is 0 Å². The number of halogens is 1. The van der Waals surface area contributed by atoms with Crippen molar-refractivity contribution in [2.75, 3.05) is 32.1 Å². The van der Waals surface area contributed by atoms with Gasteiger partial charge in [-0.15, -0.1) is 18.3 Å². The number of thioether (sulfide) groups is 1. The molecule has 1 heterocycles. The molecule has 0 spiro atoms. The molecule has 1 N–H and O–H groups in total. The summed E-state index contributed by atoms with van der Waals surface area (Å²) in [6.07, 6.45) is 0.419. The molecule has 115 valence electrons. The summed E-state index contributed by atoms with van der Waals surface area (Å²) in [4.78, 5) is 12.7. The van der Waals surface area contributed by atoms with Crippen LogP contribution in [-0.2, 0) is 14.5 Å². The van der Waals surface area contributed by atoms with Crippen molar-refractivity contribution >= 4 is 28.2 Å². The molecule has 1 aliphatic heterocycles. The van der Waals surface area contributed by atoms with Crippen LogP contribution in [0.25, 0.3) is 0 Å². The van der Waals surface area contributed by atoms with Crippen molar-refractivity contribution in [1.82, 2.24) is 14.9 Å². The summed E-state index contributed by atoms with van der Waals surface area (Å²) in [6.45, 7) is 3.59. The van der Waals surface area contributed by atoms with Gasteiger partial charge in [0.1, 0.15) is 5.50 Å². The number of carbonyl (C=O) groups is 1. The molecule has 10 heteroatoms. The van der Waals surface area contributed by atoms with Gasteiger partial charge in [-0.3, -0.25) is 9.71 Å². The first-order valence-electron chi connectivity index (χ1n) is 5.96. The number of alkyl halides is 1. The number of amides is 1. The summed E-state index contributed by atoms with van der Waals surface area (Å²) in [5.74, 6) is 0.733. The SMILES string of the molecule is C=CCN(CCCF)C(=O)OS(=O)(=O)[N]C1NCCS1. The normalized spacial score (nSPS) is 18.8. The Hall–Kier alpha value is -0.840. The van der Waals surface area contributed by atoms with E-state index in [4.69, 9.17) is 0 Å². The van der Waals surface area contributed by atoms with E-state index in [1.807, 2.05) is 0 Å². The van der Waals surface area contributed by atoms with E-state index in [-0.39, 0.29) is 19.5 Å². The van der Waals surface area contributed by atoms with Crippen LogP contribution in [0.4, 0.5) is 9.18 Å². The highest BCUT2D eigenvalue weighted by Crippen LogP contribution is 2.14. The Morgan fingerprint density at radius 2 is 2.40 bits per heavy atom. The molecular formula is C10H17FN3O4S2. The van der Waals surface area contributed by atoms with Crippen molar-refractivity contribution in [3.8, 4) is 0 Å². The predicted octanol–water partition coefficient (Wildman–Crippen LogP) is 0.440. The molecule has 1 radical (unpaired) electrons. The van der Waals surface area contributed by atoms with Crippen LogP contribution < -0.4 is 10.0 Å². The molecule has 1 amide bonds. The molecule has 0 saturated carbocycles. The quantitative estimate of drug-likeness (QED) is 0.651. The highest BCUT2D eigenvalue weighted by atomic mass is 32.2. The second kappa shape index (κ2) is 8.45. The monoisotopic (exact) mass is 326 g/mol. The maximum Gasteiger partial charge on any atom is 0.426 e. The third-order valence-electron chi connectivity index (χ3n) is 2.27. The second-order valence-electron chi connectivity index (χ2n) is 3.84. The average molecular weight is 326 g/mol. The fourth-order valence-corrected chi connectivity index (χ4v) is 3.32. The lowest BCUT2D eigenvalue weighted by molar-refractivity contribution is 0.157. The van der Waals surface area contributed by atoms with Crippen molar-refractivity contribution in [2.45, 2.75) is 11.9 Å². The van der Waals surface area contributed by atoms with Crippen LogP contribution in [0, 0.1) is 0 Å². The smallest absolute Gasteiger partial charge is 0.315 e. The molecule has 1 saturated heterocycles. The van der Waals surface area contributed by atoms with E-state index in [1.165, 1.54) is 17.8 Å². The topological polar surface area (TPSA) is 89.8 Å². The summed E-state index contributed by atoms with van der Waals surface area (Å²) in [5, 5.41) is 2.82. The van der Waals surface area contributed by atoms with Crippen LogP contribution in [0.1, 0.15) is 6.42 Å². The molecule has 1 unspecified atom stereocenters. The highest BCUT2D eigenvalue weighted by Gasteiger charge is 2.28. The van der Waals surface area contributed by atoms with Gasteiger partial charge < -0.3 is 9.08 Å². The minimum Gasteiger partial charge on any atom is -0.315 e. The van der Waals surface area contributed by atoms with Gasteiger partial charge in [-0.25, -0.2) is 4.79 Å². The Morgan fingerprint density at radius 1 is 1.65 bits per heavy atom. The van der Waals surface area contributed by atoms with E-state index in [0.29, 0.717) is 6.54 Å². The first-order valence-corrected chi connectivity index (χ1v) is 8.37. The summed E-state index contributed by atoms with van der Waals surface area (Å²) in [6, 6.07) is 0. The van der Waals surface area contributed by atoms with Gasteiger partial charge in [-0.05, 0) is 6.42 Å². The van der Waals surface area contributed by atoms with Crippen molar-refractivity contribution in [3.05, 3.63) is 12.7 Å². The second-order valence-corrected chi connectivity index (χ2v) is 6.26. The fourth-order valence-electron chi connectivity index (χ4n) is 1.42. The Bertz CT molecular complexity index is 426. The Balaban J connectivity index is 2.53. The summed E-state index contributed by atoms with van der Waals surface area (Å²) >= 11 is 1.30. The zero-order chi connectivity index (χ0) is 15.0. The molecule has 1 aliphatic rings. The van der Waals surface area contributed by atoms with Crippen LogP contribution in [0.15, 0.2) is 12.7 Å². The number of carbonyl (C=O) groups excluding carboxylic acids is 1. The van der Waals surface area contributed by atoms with Gasteiger partial charge in [-0.2, -0.15) is 8.42 Å². The van der Waals surface area contributed by atoms with E-state index in [9.17, 15) is 17.6 Å². The molecule has 0 aliphatic carbocycles. The van der Waals surface area contributed by atoms with Gasteiger partial charge in [0, 0.05) is 25.4 Å². The molecule has 20 heavy (non-hydrogen) atoms. The van der Waals surface area contributed by atoms with Crippen LogP contribution in [0.5, 0.6) is 0 Å². The van der Waals surface area contributed by atoms with Crippen LogP contribution >= 0.6 is 11.8 Å². The van der Waals surface area contributed by atoms with Gasteiger partial charge in [0.25, 0.3) is 0 Å². The van der Waals surface area contributed by atoms with Gasteiger partial charge in [0.2, 0.25) is 0 Å². The number of hydrogen-bond donors (Lipinski definition) is 1. The van der Waals surface area contributed by atoms with Crippen molar-refractivity contribution in [2.24, 2.45) is 0 Å². The number of nitrogens with one attached hydrogen (secondary N) is 1. The molecular weight excluding hydrogens is 309 g/mol. The lowest BCUT2D eigenvalue weighted by Crippen LogP contribution is -2.39. The van der Waals surface area contributed by atoms with Gasteiger partial charge >= 0.3 is 16.4 Å². The zero-order valence-corrected chi connectivity index (χ0v) is 12.5. The fraction of sp³-hybridized carbons (Fsp3) is 0.700. The largest absolute Gasteiger partial charge is 0.426 e. The molecule has 0 aromatic carbocycles. The van der Waals surface area contributed by atoms with Crippen molar-refractivity contribution < 1.29 is 21.8 Å². The average Bonchev–Trinajstić information content (AvgIpc) is 2.85. The first kappa shape index (κ1) is 17.2. The van der Waals surface area contributed by atoms with Gasteiger partial charge in [0.15, 0.2) is 0 Å². The molecule has 1 fully saturated rings. The molecule has 0 bridgehead atoms. The molecule has 7 nitrogen and oxygen atoms in total. The van der Waals surface area contributed by atoms with Gasteiger partial charge in [0.05, 0.1) is 6.67 Å². The molecule has 0 aromatic rings. The maximum absolute atomic E-state index is 12.1. The predicted molar refractivity (Wildman–Crippen MR) is 74.1 cm³/mol. The lowest BCUT2D eigenvalue weighted by atomic mass is 10.4. The maximum atomic E-state index is 12.1. The third kappa shape index (κ3) is 6.07. The minimum atomic E-state index is -4.33. The zero-order valence-electron chi connectivity index (χ0n) is 10.8. The summed E-state index contributed by atoms with van der Waals surface area (Å²) in [5.41, 5.74) is -0.633. The Kier molecular flexibility index (Phi) is 7.27.